The van der Waals surface area contributed by atoms with Gasteiger partial charge in [-0.25, -0.2) is 0 Å². The molecule has 0 amide bonds. The molecule has 0 unspecified atom stereocenters. The first kappa shape index (κ1) is 16.4. The number of hydrogen-bond acceptors (Lipinski definition) is 0. The zero-order valence-electron chi connectivity index (χ0n) is 15.2. The topological polar surface area (TPSA) is 0 Å². The molecule has 4 aromatic carbocycles. The van der Waals surface area contributed by atoms with E-state index >= 15 is 0 Å². The Morgan fingerprint density at radius 1 is 0.385 bits per heavy atom. The molecule has 0 nitrogen and oxygen atoms in total. The number of benzene rings is 4. The molecular formula is C26H22. The van der Waals surface area contributed by atoms with E-state index in [1.807, 2.05) is 0 Å². The maximum absolute atomic E-state index is 2.32. The fourth-order valence-electron chi connectivity index (χ4n) is 3.48. The van der Waals surface area contributed by atoms with Crippen LogP contribution in [0.3, 0.4) is 0 Å². The van der Waals surface area contributed by atoms with E-state index in [1.165, 1.54) is 44.5 Å². The Bertz CT molecular complexity index is 1040. The smallest absolute Gasteiger partial charge is 0.0146 e. The molecule has 4 aromatic rings. The minimum Gasteiger partial charge on any atom is -0.0622 e. The van der Waals surface area contributed by atoms with Crippen molar-refractivity contribution in [2.75, 3.05) is 0 Å². The molecule has 0 atom stereocenters. The third kappa shape index (κ3) is 3.19. The maximum atomic E-state index is 2.32. The van der Waals surface area contributed by atoms with Crippen LogP contribution in [0.4, 0.5) is 0 Å². The summed E-state index contributed by atoms with van der Waals surface area (Å²) in [6, 6.07) is 34.7. The fourth-order valence-corrected chi connectivity index (χ4v) is 3.48. The number of hydrogen-bond donors (Lipinski definition) is 0. The molecule has 0 N–H and O–H groups in total. The van der Waals surface area contributed by atoms with Crippen molar-refractivity contribution in [3.05, 3.63) is 108 Å². The third-order valence-electron chi connectivity index (χ3n) is 4.98. The summed E-state index contributed by atoms with van der Waals surface area (Å²) in [7, 11) is 0. The van der Waals surface area contributed by atoms with E-state index in [0.717, 1.165) is 0 Å². The van der Waals surface area contributed by atoms with Crippen LogP contribution in [0.15, 0.2) is 97.1 Å². The first-order valence-corrected chi connectivity index (χ1v) is 9.05. The molecule has 0 aliphatic heterocycles. The van der Waals surface area contributed by atoms with E-state index in [1.54, 1.807) is 0 Å². The van der Waals surface area contributed by atoms with Crippen molar-refractivity contribution < 1.29 is 0 Å². The molecule has 26 heavy (non-hydrogen) atoms. The minimum atomic E-state index is 1.25. The molecule has 0 saturated heterocycles. The van der Waals surface area contributed by atoms with Crippen LogP contribution in [0.25, 0.3) is 33.4 Å². The van der Waals surface area contributed by atoms with Gasteiger partial charge >= 0.3 is 0 Å². The summed E-state index contributed by atoms with van der Waals surface area (Å²) in [6.45, 7) is 4.36. The van der Waals surface area contributed by atoms with Gasteiger partial charge in [0.2, 0.25) is 0 Å². The SMILES string of the molecule is Cc1ccccc1-c1cc(-c2cccc(-c3ccccc3)c2)ccc1C. The number of rotatable bonds is 3. The van der Waals surface area contributed by atoms with Crippen molar-refractivity contribution >= 4 is 0 Å². The summed E-state index contributed by atoms with van der Waals surface area (Å²) in [5, 5.41) is 0. The van der Waals surface area contributed by atoms with E-state index in [9.17, 15) is 0 Å². The Labute approximate surface area is 155 Å². The summed E-state index contributed by atoms with van der Waals surface area (Å²) in [6.07, 6.45) is 0. The van der Waals surface area contributed by atoms with Crippen LogP contribution in [0.2, 0.25) is 0 Å². The lowest BCUT2D eigenvalue weighted by Gasteiger charge is -2.13. The highest BCUT2D eigenvalue weighted by molar-refractivity contribution is 5.79. The molecular weight excluding hydrogens is 312 g/mol. The highest BCUT2D eigenvalue weighted by Crippen LogP contribution is 2.32. The molecule has 0 heterocycles. The first-order chi connectivity index (χ1) is 12.7. The summed E-state index contributed by atoms with van der Waals surface area (Å²) in [4.78, 5) is 0. The standard InChI is InChI=1S/C26H22/c1-19-9-6-7-14-25(19)26-18-24(16-15-20(26)2)23-13-8-12-22(17-23)21-10-4-3-5-11-21/h3-18H,1-2H3. The summed E-state index contributed by atoms with van der Waals surface area (Å²) in [5.41, 5.74) is 10.2. The normalized spacial score (nSPS) is 10.7. The summed E-state index contributed by atoms with van der Waals surface area (Å²) in [5.74, 6) is 0. The van der Waals surface area contributed by atoms with E-state index in [4.69, 9.17) is 0 Å². The monoisotopic (exact) mass is 334 g/mol. The Hall–Kier alpha value is -3.12. The van der Waals surface area contributed by atoms with E-state index in [2.05, 4.69) is 111 Å². The Balaban J connectivity index is 1.80. The molecule has 0 bridgehead atoms. The van der Waals surface area contributed by atoms with Crippen molar-refractivity contribution in [3.63, 3.8) is 0 Å². The lowest BCUT2D eigenvalue weighted by atomic mass is 9.92. The van der Waals surface area contributed by atoms with Gasteiger partial charge in [-0.15, -0.1) is 0 Å². The van der Waals surface area contributed by atoms with Crippen LogP contribution in [-0.4, -0.2) is 0 Å². The molecule has 0 saturated carbocycles. The lowest BCUT2D eigenvalue weighted by molar-refractivity contribution is 1.41. The van der Waals surface area contributed by atoms with Gasteiger partial charge in [-0.2, -0.15) is 0 Å². The molecule has 0 spiro atoms. The van der Waals surface area contributed by atoms with Crippen molar-refractivity contribution in [2.24, 2.45) is 0 Å². The quantitative estimate of drug-likeness (QED) is 0.368. The lowest BCUT2D eigenvalue weighted by Crippen LogP contribution is -1.89. The molecule has 4 rings (SSSR count). The van der Waals surface area contributed by atoms with Crippen molar-refractivity contribution in [1.29, 1.82) is 0 Å². The minimum absolute atomic E-state index is 1.25. The highest BCUT2D eigenvalue weighted by Gasteiger charge is 2.08. The van der Waals surface area contributed by atoms with Gasteiger partial charge in [0.05, 0.1) is 0 Å². The van der Waals surface area contributed by atoms with Gasteiger partial charge in [-0.05, 0) is 70.5 Å². The van der Waals surface area contributed by atoms with Gasteiger partial charge in [0.1, 0.15) is 0 Å². The van der Waals surface area contributed by atoms with Gasteiger partial charge in [0.25, 0.3) is 0 Å². The Kier molecular flexibility index (Phi) is 4.41. The van der Waals surface area contributed by atoms with Gasteiger partial charge in [-0.3, -0.25) is 0 Å². The summed E-state index contributed by atoms with van der Waals surface area (Å²) < 4.78 is 0. The molecule has 0 aliphatic carbocycles. The van der Waals surface area contributed by atoms with Crippen LogP contribution < -0.4 is 0 Å². The second-order valence-electron chi connectivity index (χ2n) is 6.79. The maximum Gasteiger partial charge on any atom is -0.0146 e. The second kappa shape index (κ2) is 7.01. The van der Waals surface area contributed by atoms with Crippen LogP contribution in [0.5, 0.6) is 0 Å². The molecule has 0 heteroatoms. The van der Waals surface area contributed by atoms with Gasteiger partial charge < -0.3 is 0 Å². The highest BCUT2D eigenvalue weighted by atomic mass is 14.1. The average Bonchev–Trinajstić information content (AvgIpc) is 2.70. The average molecular weight is 334 g/mol. The Morgan fingerprint density at radius 2 is 0.962 bits per heavy atom. The summed E-state index contributed by atoms with van der Waals surface area (Å²) >= 11 is 0. The predicted molar refractivity (Wildman–Crippen MR) is 112 cm³/mol. The van der Waals surface area contributed by atoms with Crippen LogP contribution in [-0.2, 0) is 0 Å². The fraction of sp³-hybridized carbons (Fsp3) is 0.0769. The predicted octanol–water partition coefficient (Wildman–Crippen LogP) is 7.30. The van der Waals surface area contributed by atoms with E-state index in [0.29, 0.717) is 0 Å². The zero-order chi connectivity index (χ0) is 17.9. The molecule has 0 radical (unpaired) electrons. The largest absolute Gasteiger partial charge is 0.0622 e. The van der Waals surface area contributed by atoms with Gasteiger partial charge in [0.15, 0.2) is 0 Å². The van der Waals surface area contributed by atoms with Crippen LogP contribution in [0.1, 0.15) is 11.1 Å². The van der Waals surface area contributed by atoms with Crippen molar-refractivity contribution in [1.82, 2.24) is 0 Å². The second-order valence-corrected chi connectivity index (χ2v) is 6.79. The van der Waals surface area contributed by atoms with Crippen LogP contribution in [0, 0.1) is 13.8 Å². The number of aryl methyl sites for hydroxylation is 2. The molecule has 126 valence electrons. The van der Waals surface area contributed by atoms with E-state index in [-0.39, 0.29) is 0 Å². The van der Waals surface area contributed by atoms with E-state index < -0.39 is 0 Å². The van der Waals surface area contributed by atoms with Gasteiger partial charge in [-0.1, -0.05) is 84.9 Å². The molecule has 0 aliphatic rings. The Morgan fingerprint density at radius 3 is 1.73 bits per heavy atom. The zero-order valence-corrected chi connectivity index (χ0v) is 15.2. The van der Waals surface area contributed by atoms with Gasteiger partial charge in [0, 0.05) is 0 Å². The van der Waals surface area contributed by atoms with Crippen LogP contribution >= 0.6 is 0 Å². The molecule has 0 aromatic heterocycles. The first-order valence-electron chi connectivity index (χ1n) is 9.05. The molecule has 0 fully saturated rings. The van der Waals surface area contributed by atoms with Crippen molar-refractivity contribution in [3.8, 4) is 33.4 Å². The third-order valence-corrected chi connectivity index (χ3v) is 4.98. The van der Waals surface area contributed by atoms with Crippen molar-refractivity contribution in [2.45, 2.75) is 13.8 Å².